The predicted molar refractivity (Wildman–Crippen MR) is 100 cm³/mol. The minimum atomic E-state index is -5.08. The van der Waals surface area contributed by atoms with Crippen molar-refractivity contribution in [3.8, 4) is 5.75 Å². The number of carbonyl (C=O) groups excluding carboxylic acids is 1. The summed E-state index contributed by atoms with van der Waals surface area (Å²) in [6, 6.07) is 7.63. The van der Waals surface area contributed by atoms with Gasteiger partial charge in [-0.2, -0.15) is 18.2 Å². The van der Waals surface area contributed by atoms with Gasteiger partial charge >= 0.3 is 23.9 Å². The lowest BCUT2D eigenvalue weighted by Crippen LogP contribution is -2.29. The molecular formula is C17H15ClF3N3O8. The van der Waals surface area contributed by atoms with Crippen molar-refractivity contribution >= 4 is 29.5 Å². The number of carboxylic acids is 1. The SMILES string of the molecule is O=C(Nc1ccn([C@@H]2CO[C@H](CO)O2)c(=O)n1)Oc1ccc(Cl)cc1.O=C(O)C(F)(F)F. The number of hydrogen-bond acceptors (Lipinski definition) is 8. The summed E-state index contributed by atoms with van der Waals surface area (Å²) in [5, 5.41) is 18.9. The number of nitrogens with zero attached hydrogens (tertiary/aromatic N) is 2. The third-order valence-corrected chi connectivity index (χ3v) is 3.77. The van der Waals surface area contributed by atoms with Gasteiger partial charge in [0.15, 0.2) is 12.5 Å². The molecule has 32 heavy (non-hydrogen) atoms. The second kappa shape index (κ2) is 10.9. The lowest BCUT2D eigenvalue weighted by Gasteiger charge is -2.12. The molecule has 2 heterocycles. The van der Waals surface area contributed by atoms with E-state index in [-0.39, 0.29) is 19.0 Å². The smallest absolute Gasteiger partial charge is 0.475 e. The van der Waals surface area contributed by atoms with Crippen LogP contribution in [0.25, 0.3) is 0 Å². The van der Waals surface area contributed by atoms with Gasteiger partial charge in [-0.1, -0.05) is 11.6 Å². The number of nitrogens with one attached hydrogen (secondary N) is 1. The highest BCUT2D eigenvalue weighted by Gasteiger charge is 2.38. The molecule has 0 spiro atoms. The Kier molecular flexibility index (Phi) is 8.54. The fourth-order valence-corrected chi connectivity index (χ4v) is 2.25. The molecule has 0 saturated carbocycles. The Morgan fingerprint density at radius 1 is 1.28 bits per heavy atom. The fraction of sp³-hybridized carbons (Fsp3) is 0.294. The zero-order chi connectivity index (χ0) is 23.9. The van der Waals surface area contributed by atoms with Crippen molar-refractivity contribution in [2.75, 3.05) is 18.5 Å². The monoisotopic (exact) mass is 481 g/mol. The number of carboxylic acid groups (broad SMARTS) is 1. The summed E-state index contributed by atoms with van der Waals surface area (Å²) in [6.45, 7) is -0.201. The molecule has 1 aromatic heterocycles. The number of aliphatic hydroxyl groups excluding tert-OH is 1. The van der Waals surface area contributed by atoms with Crippen molar-refractivity contribution in [2.24, 2.45) is 0 Å². The number of aliphatic hydroxyl groups is 1. The van der Waals surface area contributed by atoms with Crippen molar-refractivity contribution < 1.29 is 47.2 Å². The molecule has 2 aromatic rings. The third-order valence-electron chi connectivity index (χ3n) is 3.52. The maximum Gasteiger partial charge on any atom is 0.490 e. The van der Waals surface area contributed by atoms with E-state index in [1.165, 1.54) is 29.0 Å². The highest BCUT2D eigenvalue weighted by atomic mass is 35.5. The van der Waals surface area contributed by atoms with Crippen LogP contribution < -0.4 is 15.7 Å². The quantitative estimate of drug-likeness (QED) is 0.596. The fourth-order valence-electron chi connectivity index (χ4n) is 2.13. The van der Waals surface area contributed by atoms with Crippen LogP contribution in [0.1, 0.15) is 6.23 Å². The number of aliphatic carboxylic acids is 1. The lowest BCUT2D eigenvalue weighted by molar-refractivity contribution is -0.192. The van der Waals surface area contributed by atoms with Crippen LogP contribution in [0.3, 0.4) is 0 Å². The molecule has 0 bridgehead atoms. The van der Waals surface area contributed by atoms with E-state index in [0.717, 1.165) is 0 Å². The molecule has 2 atom stereocenters. The van der Waals surface area contributed by atoms with Crippen molar-refractivity contribution in [3.05, 3.63) is 52.0 Å². The standard InChI is InChI=1S/C15H14ClN3O6.C2HF3O2/c16-9-1-3-10(4-2-9)24-15(22)18-11-5-6-19(14(21)17-11)12-8-23-13(7-20)25-12;3-2(4,5)1(6)7/h1-6,12-13,20H,7-8H2,(H,17,18,21,22);(H,6,7)/t12-,13-;/m0./s1. The molecule has 1 amide bonds. The van der Waals surface area contributed by atoms with Gasteiger partial charge in [0.05, 0.1) is 13.2 Å². The molecule has 3 rings (SSSR count). The van der Waals surface area contributed by atoms with Crippen molar-refractivity contribution in [3.63, 3.8) is 0 Å². The largest absolute Gasteiger partial charge is 0.490 e. The molecule has 0 unspecified atom stereocenters. The first-order valence-electron chi connectivity index (χ1n) is 8.51. The van der Waals surface area contributed by atoms with Gasteiger partial charge in [0.25, 0.3) is 0 Å². The van der Waals surface area contributed by atoms with E-state index in [2.05, 4.69) is 10.3 Å². The van der Waals surface area contributed by atoms with Crippen LogP contribution in [-0.4, -0.2) is 57.5 Å². The van der Waals surface area contributed by atoms with Crippen LogP contribution in [0.2, 0.25) is 5.02 Å². The van der Waals surface area contributed by atoms with Crippen LogP contribution in [0.15, 0.2) is 41.3 Å². The van der Waals surface area contributed by atoms with Gasteiger partial charge in [0.2, 0.25) is 0 Å². The maximum absolute atomic E-state index is 12.0. The Bertz CT molecular complexity index is 1000. The first kappa shape index (κ1) is 25.1. The predicted octanol–water partition coefficient (Wildman–Crippen LogP) is 2.00. The molecule has 15 heteroatoms. The van der Waals surface area contributed by atoms with Crippen molar-refractivity contribution in [1.82, 2.24) is 9.55 Å². The third kappa shape index (κ3) is 7.49. The number of anilines is 1. The zero-order valence-corrected chi connectivity index (χ0v) is 16.5. The van der Waals surface area contributed by atoms with Crippen LogP contribution >= 0.6 is 11.6 Å². The second-order valence-corrected chi connectivity index (χ2v) is 6.25. The molecule has 0 radical (unpaired) electrons. The topological polar surface area (TPSA) is 149 Å². The summed E-state index contributed by atoms with van der Waals surface area (Å²) in [5.74, 6) is -2.44. The summed E-state index contributed by atoms with van der Waals surface area (Å²) >= 11 is 5.75. The number of aromatic nitrogens is 2. The molecule has 1 aliphatic rings. The molecule has 174 valence electrons. The van der Waals surface area contributed by atoms with Crippen molar-refractivity contribution in [2.45, 2.75) is 18.7 Å². The van der Waals surface area contributed by atoms with Gasteiger partial charge in [0.1, 0.15) is 11.6 Å². The van der Waals surface area contributed by atoms with E-state index in [9.17, 15) is 22.8 Å². The number of carbonyl (C=O) groups is 2. The summed E-state index contributed by atoms with van der Waals surface area (Å²) in [4.78, 5) is 36.5. The molecule has 11 nitrogen and oxygen atoms in total. The highest BCUT2D eigenvalue weighted by molar-refractivity contribution is 6.30. The molecule has 1 aliphatic heterocycles. The minimum absolute atomic E-state index is 0.0258. The number of hydrogen-bond donors (Lipinski definition) is 3. The highest BCUT2D eigenvalue weighted by Crippen LogP contribution is 2.19. The van der Waals surface area contributed by atoms with Gasteiger partial charge in [-0.05, 0) is 30.3 Å². The van der Waals surface area contributed by atoms with E-state index in [4.69, 9.17) is 40.8 Å². The second-order valence-electron chi connectivity index (χ2n) is 5.81. The van der Waals surface area contributed by atoms with Crippen LogP contribution in [0.4, 0.5) is 23.8 Å². The lowest BCUT2D eigenvalue weighted by atomic mass is 10.3. The number of benzene rings is 1. The number of rotatable bonds is 4. The van der Waals surface area contributed by atoms with Crippen LogP contribution in [0.5, 0.6) is 5.75 Å². The molecule has 1 saturated heterocycles. The van der Waals surface area contributed by atoms with E-state index >= 15 is 0 Å². The summed E-state index contributed by atoms with van der Waals surface area (Å²) in [5.41, 5.74) is -0.642. The normalized spacial score (nSPS) is 17.8. The van der Waals surface area contributed by atoms with Crippen LogP contribution in [0, 0.1) is 0 Å². The Morgan fingerprint density at radius 2 is 1.91 bits per heavy atom. The van der Waals surface area contributed by atoms with E-state index in [0.29, 0.717) is 10.8 Å². The maximum atomic E-state index is 12.0. The average molecular weight is 482 g/mol. The zero-order valence-electron chi connectivity index (χ0n) is 15.8. The Morgan fingerprint density at radius 3 is 2.41 bits per heavy atom. The molecule has 1 aromatic carbocycles. The number of alkyl halides is 3. The molecular weight excluding hydrogens is 467 g/mol. The molecule has 1 fully saturated rings. The molecule has 3 N–H and O–H groups in total. The number of ether oxygens (including phenoxy) is 3. The van der Waals surface area contributed by atoms with Gasteiger partial charge in [-0.25, -0.2) is 14.4 Å². The van der Waals surface area contributed by atoms with E-state index in [1.807, 2.05) is 0 Å². The Balaban J connectivity index is 0.000000451. The van der Waals surface area contributed by atoms with Gasteiger partial charge in [-0.3, -0.25) is 9.88 Å². The molecule has 0 aliphatic carbocycles. The minimum Gasteiger partial charge on any atom is -0.475 e. The number of halogens is 4. The van der Waals surface area contributed by atoms with E-state index in [1.54, 1.807) is 12.1 Å². The number of amides is 1. The first-order valence-corrected chi connectivity index (χ1v) is 8.89. The van der Waals surface area contributed by atoms with Crippen molar-refractivity contribution in [1.29, 1.82) is 0 Å². The summed E-state index contributed by atoms with van der Waals surface area (Å²) in [7, 11) is 0. The Labute approximate surface area is 181 Å². The van der Waals surface area contributed by atoms with Gasteiger partial charge < -0.3 is 24.4 Å². The van der Waals surface area contributed by atoms with Gasteiger partial charge in [0, 0.05) is 11.2 Å². The van der Waals surface area contributed by atoms with E-state index < -0.39 is 36.4 Å². The summed E-state index contributed by atoms with van der Waals surface area (Å²) < 4.78 is 48.4. The summed E-state index contributed by atoms with van der Waals surface area (Å²) in [6.07, 6.45) is -5.94. The van der Waals surface area contributed by atoms with Crippen LogP contribution in [-0.2, 0) is 14.3 Å². The average Bonchev–Trinajstić information content (AvgIpc) is 3.18. The first-order chi connectivity index (χ1) is 15.0. The van der Waals surface area contributed by atoms with Gasteiger partial charge in [-0.15, -0.1) is 0 Å². The Hall–Kier alpha value is -3.20.